The predicted molar refractivity (Wildman–Crippen MR) is 197 cm³/mol. The summed E-state index contributed by atoms with van der Waals surface area (Å²) in [6.07, 6.45) is 9.41. The van der Waals surface area contributed by atoms with Crippen LogP contribution in [0, 0.1) is 5.41 Å². The largest absolute Gasteiger partial charge is 0.508 e. The van der Waals surface area contributed by atoms with Crippen LogP contribution in [0.15, 0.2) is 54.6 Å². The van der Waals surface area contributed by atoms with E-state index >= 15 is 0 Å². The first-order valence-electron chi connectivity index (χ1n) is 19.4. The number of hydrogen-bond donors (Lipinski definition) is 4. The van der Waals surface area contributed by atoms with Crippen molar-refractivity contribution in [2.75, 3.05) is 19.7 Å². The maximum atomic E-state index is 14.5. The number of allylic oxidation sites excluding steroid dienone is 1. The first-order chi connectivity index (χ1) is 25.7. The number of unbranched alkanes of at least 4 members (excludes halogenated alkanes) is 4. The Morgan fingerprint density at radius 2 is 1.72 bits per heavy atom. The van der Waals surface area contributed by atoms with Gasteiger partial charge in [0.05, 0.1) is 13.2 Å². The van der Waals surface area contributed by atoms with Crippen LogP contribution >= 0.6 is 0 Å². The molecule has 1 aliphatic carbocycles. The average molecular weight is 734 g/mol. The van der Waals surface area contributed by atoms with Crippen LogP contribution in [0.3, 0.4) is 0 Å². The minimum Gasteiger partial charge on any atom is -0.508 e. The fourth-order valence-corrected chi connectivity index (χ4v) is 8.42. The molecule has 3 saturated heterocycles. The number of carbonyl (C=O) groups excluding carboxylic acids is 3. The van der Waals surface area contributed by atoms with Gasteiger partial charge in [0.15, 0.2) is 11.8 Å². The van der Waals surface area contributed by atoms with Gasteiger partial charge in [-0.15, -0.1) is 0 Å². The number of amides is 2. The smallest absolute Gasteiger partial charge is 0.327 e. The van der Waals surface area contributed by atoms with Gasteiger partial charge in [0.2, 0.25) is 11.8 Å². The van der Waals surface area contributed by atoms with E-state index in [9.17, 15) is 19.5 Å². The molecule has 3 heterocycles. The van der Waals surface area contributed by atoms with E-state index in [0.29, 0.717) is 19.3 Å². The second-order valence-electron chi connectivity index (χ2n) is 14.8. The maximum absolute atomic E-state index is 14.5. The van der Waals surface area contributed by atoms with Crippen molar-refractivity contribution in [1.82, 2.24) is 15.7 Å². The SMILES string of the molecule is CCCCCC1(CCCCC)O[C@@H]2[C@H]3ON(Cc4cccc(C=CCc5ccccc5O)c4)[C@H]4C(=O)OC(CC34C(=O)NCCC(=O)NCCO)[C@@H]2O1. The lowest BCUT2D eigenvalue weighted by molar-refractivity contribution is -0.224. The number of rotatable bonds is 19. The van der Waals surface area contributed by atoms with Gasteiger partial charge >= 0.3 is 5.97 Å². The van der Waals surface area contributed by atoms with Gasteiger partial charge in [0.25, 0.3) is 0 Å². The Morgan fingerprint density at radius 3 is 2.45 bits per heavy atom. The third kappa shape index (κ3) is 8.47. The molecule has 0 aromatic heterocycles. The highest BCUT2D eigenvalue weighted by molar-refractivity contribution is 5.94. The number of nitrogens with zero attached hydrogens (tertiary/aromatic N) is 1. The van der Waals surface area contributed by atoms with Gasteiger partial charge in [0, 0.05) is 38.8 Å². The van der Waals surface area contributed by atoms with Gasteiger partial charge in [-0.2, -0.15) is 5.06 Å². The second kappa shape index (κ2) is 17.6. The van der Waals surface area contributed by atoms with E-state index in [-0.39, 0.29) is 56.6 Å². The molecular formula is C41H55N3O9. The van der Waals surface area contributed by atoms with Crippen molar-refractivity contribution >= 4 is 23.9 Å². The Kier molecular flexibility index (Phi) is 12.9. The number of hydrogen-bond acceptors (Lipinski definition) is 10. The number of aliphatic hydroxyl groups is 1. The summed E-state index contributed by atoms with van der Waals surface area (Å²) in [5.74, 6) is -1.84. The number of benzene rings is 2. The number of para-hydroxylation sites is 1. The zero-order valence-corrected chi connectivity index (χ0v) is 31.0. The molecule has 6 rings (SSSR count). The van der Waals surface area contributed by atoms with Crippen LogP contribution in [0.2, 0.25) is 0 Å². The zero-order chi connectivity index (χ0) is 37.4. The van der Waals surface area contributed by atoms with Crippen LogP contribution < -0.4 is 10.6 Å². The van der Waals surface area contributed by atoms with Crippen molar-refractivity contribution < 1.29 is 43.6 Å². The number of aromatic hydroxyl groups is 1. The van der Waals surface area contributed by atoms with Gasteiger partial charge in [-0.3, -0.25) is 19.2 Å². The Bertz CT molecular complexity index is 1610. The molecule has 12 heteroatoms. The highest BCUT2D eigenvalue weighted by Gasteiger charge is 2.76. The summed E-state index contributed by atoms with van der Waals surface area (Å²) in [6.45, 7) is 4.52. The number of hydroxylamine groups is 2. The maximum Gasteiger partial charge on any atom is 0.327 e. The summed E-state index contributed by atoms with van der Waals surface area (Å²) in [7, 11) is 0. The highest BCUT2D eigenvalue weighted by Crippen LogP contribution is 2.58. The molecule has 4 fully saturated rings. The number of ether oxygens (including phenoxy) is 3. The first-order valence-corrected chi connectivity index (χ1v) is 19.4. The standard InChI is InChI=1S/C41H55N3O9/c1-3-5-9-20-40(21-10-6-4-2)51-34-32-26-41(39(49)43-22-19-33(47)42-23-24-45)36(38(48)50-32)44(53-37(41)35(34)52-40)27-29-15-11-13-28(25-29)14-12-17-30-16-7-8-18-31(30)46/h7-8,11-16,18,25,32,34-37,45-46H,3-6,9-10,17,19-24,26-27H2,1-2H3,(H,42,47)(H,43,49)/t32?,34-,35-,36-,37+,41?/m0/s1. The topological polar surface area (TPSA) is 156 Å². The lowest BCUT2D eigenvalue weighted by atomic mass is 9.62. The molecule has 4 aliphatic rings. The number of esters is 1. The van der Waals surface area contributed by atoms with E-state index in [1.54, 1.807) is 17.2 Å². The number of nitrogens with one attached hydrogen (secondary N) is 2. The van der Waals surface area contributed by atoms with Gasteiger partial charge in [0.1, 0.15) is 35.6 Å². The molecule has 288 valence electrons. The number of aliphatic hydroxyl groups excluding tert-OH is 1. The Balaban J connectivity index is 1.27. The van der Waals surface area contributed by atoms with E-state index in [1.807, 2.05) is 48.6 Å². The minimum absolute atomic E-state index is 0.0173. The van der Waals surface area contributed by atoms with Crippen molar-refractivity contribution in [3.05, 3.63) is 71.3 Å². The van der Waals surface area contributed by atoms with Crippen LogP contribution in [0.25, 0.3) is 6.08 Å². The summed E-state index contributed by atoms with van der Waals surface area (Å²) in [5, 5.41) is 26.4. The molecule has 0 spiro atoms. The quantitative estimate of drug-likeness (QED) is 0.118. The van der Waals surface area contributed by atoms with Crippen molar-refractivity contribution in [3.8, 4) is 5.75 Å². The minimum atomic E-state index is -1.34. The van der Waals surface area contributed by atoms with Crippen LogP contribution in [-0.2, 0) is 46.4 Å². The second-order valence-corrected chi connectivity index (χ2v) is 14.8. The monoisotopic (exact) mass is 733 g/mol. The van der Waals surface area contributed by atoms with E-state index < -0.39 is 47.6 Å². The van der Waals surface area contributed by atoms with Crippen LogP contribution in [0.4, 0.5) is 0 Å². The molecule has 6 atom stereocenters. The Morgan fingerprint density at radius 1 is 0.962 bits per heavy atom. The zero-order valence-electron chi connectivity index (χ0n) is 31.0. The fourth-order valence-electron chi connectivity index (χ4n) is 8.42. The molecule has 2 unspecified atom stereocenters. The first kappa shape index (κ1) is 38.9. The van der Waals surface area contributed by atoms with Gasteiger partial charge in [-0.25, -0.2) is 0 Å². The molecular weight excluding hydrogens is 678 g/mol. The molecule has 1 saturated carbocycles. The normalized spacial score (nSPS) is 27.1. The molecule has 2 aromatic rings. The molecule has 3 aliphatic heterocycles. The molecule has 2 amide bonds. The summed E-state index contributed by atoms with van der Waals surface area (Å²) in [4.78, 5) is 47.6. The highest BCUT2D eigenvalue weighted by atomic mass is 16.8. The van der Waals surface area contributed by atoms with Crippen LogP contribution in [-0.4, -0.2) is 89.0 Å². The van der Waals surface area contributed by atoms with Gasteiger partial charge in [-0.05, 0) is 42.0 Å². The lowest BCUT2D eigenvalue weighted by Crippen LogP contribution is -2.69. The van der Waals surface area contributed by atoms with E-state index in [0.717, 1.165) is 55.2 Å². The molecule has 12 nitrogen and oxygen atoms in total. The lowest BCUT2D eigenvalue weighted by Gasteiger charge is -2.48. The van der Waals surface area contributed by atoms with Crippen molar-refractivity contribution in [2.24, 2.45) is 5.41 Å². The third-order valence-corrected chi connectivity index (χ3v) is 11.0. The molecule has 53 heavy (non-hydrogen) atoms. The molecule has 2 bridgehead atoms. The third-order valence-electron chi connectivity index (χ3n) is 11.0. The molecule has 0 radical (unpaired) electrons. The summed E-state index contributed by atoms with van der Waals surface area (Å²) < 4.78 is 19.9. The van der Waals surface area contributed by atoms with E-state index in [2.05, 4.69) is 24.5 Å². The fraction of sp³-hybridized carbons (Fsp3) is 0.585. The van der Waals surface area contributed by atoms with Gasteiger partial charge < -0.3 is 35.1 Å². The molecule has 4 N–H and O–H groups in total. The number of carbonyl (C=O) groups is 3. The Hall–Kier alpha value is -3.81. The summed E-state index contributed by atoms with van der Waals surface area (Å²) in [5.41, 5.74) is 1.29. The Labute approximate surface area is 312 Å². The number of phenols is 1. The number of fused-ring (bicyclic) bond motifs is 4. The van der Waals surface area contributed by atoms with Crippen molar-refractivity contribution in [1.29, 1.82) is 0 Å². The van der Waals surface area contributed by atoms with Crippen LogP contribution in [0.5, 0.6) is 5.75 Å². The molecule has 2 aromatic carbocycles. The summed E-state index contributed by atoms with van der Waals surface area (Å²) in [6, 6.07) is 14.1. The average Bonchev–Trinajstić information content (AvgIpc) is 3.70. The van der Waals surface area contributed by atoms with E-state index in [1.165, 1.54) is 0 Å². The van der Waals surface area contributed by atoms with Crippen LogP contribution in [0.1, 0.15) is 94.7 Å². The van der Waals surface area contributed by atoms with Crippen molar-refractivity contribution in [3.63, 3.8) is 0 Å². The predicted octanol–water partition coefficient (Wildman–Crippen LogP) is 4.70. The number of phenolic OH excluding ortho intramolecular Hbond substituents is 1. The summed E-state index contributed by atoms with van der Waals surface area (Å²) >= 11 is 0. The van der Waals surface area contributed by atoms with Crippen molar-refractivity contribution in [2.45, 2.75) is 127 Å². The van der Waals surface area contributed by atoms with E-state index in [4.69, 9.17) is 24.2 Å². The van der Waals surface area contributed by atoms with Gasteiger partial charge in [-0.1, -0.05) is 94.1 Å².